The summed E-state index contributed by atoms with van der Waals surface area (Å²) in [6.45, 7) is 0.606. The Bertz CT molecular complexity index is 861. The fourth-order valence-corrected chi connectivity index (χ4v) is 4.75. The number of hydrogen-bond acceptors (Lipinski definition) is 5. The second kappa shape index (κ2) is 7.49. The maximum Gasteiger partial charge on any atom is 0.246 e. The minimum absolute atomic E-state index is 0.0601. The van der Waals surface area contributed by atoms with Gasteiger partial charge in [0.25, 0.3) is 0 Å². The van der Waals surface area contributed by atoms with E-state index in [0.29, 0.717) is 23.9 Å². The molecular formula is C16H16BrClN2O4S. The fraction of sp³-hybridized carbons (Fsp3) is 0.312. The van der Waals surface area contributed by atoms with Crippen molar-refractivity contribution in [1.82, 2.24) is 9.29 Å². The van der Waals surface area contributed by atoms with E-state index in [9.17, 15) is 8.42 Å². The first-order chi connectivity index (χ1) is 11.9. The number of benzene rings is 1. The highest BCUT2D eigenvalue weighted by Crippen LogP contribution is 2.31. The summed E-state index contributed by atoms with van der Waals surface area (Å²) in [6, 6.07) is 8.10. The Morgan fingerprint density at radius 2 is 2.12 bits per heavy atom. The molecule has 0 saturated carbocycles. The summed E-state index contributed by atoms with van der Waals surface area (Å²) in [5.41, 5.74) is 0. The van der Waals surface area contributed by atoms with Crippen LogP contribution < -0.4 is 9.47 Å². The number of nitrogens with zero attached hydrogens (tertiary/aromatic N) is 2. The molecule has 2 heterocycles. The van der Waals surface area contributed by atoms with Crippen LogP contribution in [0.2, 0.25) is 5.02 Å². The molecule has 6 nitrogen and oxygen atoms in total. The van der Waals surface area contributed by atoms with Crippen LogP contribution in [0.5, 0.6) is 11.6 Å². The number of pyridine rings is 1. The van der Waals surface area contributed by atoms with Gasteiger partial charge in [-0.3, -0.25) is 0 Å². The summed E-state index contributed by atoms with van der Waals surface area (Å²) in [5.74, 6) is 0.733. The first kappa shape index (κ1) is 18.4. The summed E-state index contributed by atoms with van der Waals surface area (Å²) < 4.78 is 39.0. The quantitative estimate of drug-likeness (QED) is 0.703. The second-order valence-electron chi connectivity index (χ2n) is 5.50. The van der Waals surface area contributed by atoms with Crippen molar-refractivity contribution < 1.29 is 17.9 Å². The van der Waals surface area contributed by atoms with Gasteiger partial charge >= 0.3 is 0 Å². The highest BCUT2D eigenvalue weighted by atomic mass is 79.9. The number of aromatic nitrogens is 1. The highest BCUT2D eigenvalue weighted by molar-refractivity contribution is 9.10. The third-order valence-electron chi connectivity index (χ3n) is 3.84. The lowest BCUT2D eigenvalue weighted by atomic mass is 10.3. The third-order valence-corrected chi connectivity index (χ3v) is 6.43. The summed E-state index contributed by atoms with van der Waals surface area (Å²) in [4.78, 5) is 4.21. The number of methoxy groups -OCH3 is 1. The molecule has 1 atom stereocenters. The Morgan fingerprint density at radius 1 is 1.32 bits per heavy atom. The lowest BCUT2D eigenvalue weighted by molar-refractivity contribution is 0.207. The third kappa shape index (κ3) is 4.08. The van der Waals surface area contributed by atoms with E-state index in [4.69, 9.17) is 21.1 Å². The maximum absolute atomic E-state index is 12.9. The van der Waals surface area contributed by atoms with Crippen LogP contribution in [0.15, 0.2) is 45.9 Å². The van der Waals surface area contributed by atoms with E-state index < -0.39 is 10.0 Å². The van der Waals surface area contributed by atoms with Gasteiger partial charge in [-0.1, -0.05) is 11.6 Å². The molecule has 1 aromatic carbocycles. The minimum Gasteiger partial charge on any atom is -0.495 e. The van der Waals surface area contributed by atoms with Gasteiger partial charge in [-0.15, -0.1) is 0 Å². The average Bonchev–Trinajstić information content (AvgIpc) is 3.06. The van der Waals surface area contributed by atoms with Crippen molar-refractivity contribution in [2.24, 2.45) is 0 Å². The van der Waals surface area contributed by atoms with Crippen LogP contribution in [-0.4, -0.2) is 44.0 Å². The number of halogens is 2. The van der Waals surface area contributed by atoms with Crippen LogP contribution in [0.4, 0.5) is 0 Å². The molecule has 1 aliphatic rings. The van der Waals surface area contributed by atoms with Gasteiger partial charge < -0.3 is 9.47 Å². The Balaban J connectivity index is 1.76. The Labute approximate surface area is 159 Å². The Morgan fingerprint density at radius 3 is 2.80 bits per heavy atom. The van der Waals surface area contributed by atoms with Crippen molar-refractivity contribution >= 4 is 37.6 Å². The summed E-state index contributed by atoms with van der Waals surface area (Å²) in [5, 5.41) is 0.338. The number of hydrogen-bond donors (Lipinski definition) is 0. The maximum atomic E-state index is 12.9. The largest absolute Gasteiger partial charge is 0.495 e. The van der Waals surface area contributed by atoms with Crippen LogP contribution in [0.3, 0.4) is 0 Å². The van der Waals surface area contributed by atoms with E-state index in [-0.39, 0.29) is 23.3 Å². The van der Waals surface area contributed by atoms with Gasteiger partial charge in [0, 0.05) is 28.3 Å². The molecule has 0 spiro atoms. The van der Waals surface area contributed by atoms with Crippen LogP contribution in [0.25, 0.3) is 0 Å². The lowest BCUT2D eigenvalue weighted by Crippen LogP contribution is -2.31. The van der Waals surface area contributed by atoms with Crippen molar-refractivity contribution in [3.05, 3.63) is 46.0 Å². The van der Waals surface area contributed by atoms with Crippen molar-refractivity contribution in [1.29, 1.82) is 0 Å². The van der Waals surface area contributed by atoms with E-state index in [1.807, 2.05) is 6.07 Å². The molecule has 1 aliphatic heterocycles. The van der Waals surface area contributed by atoms with Crippen LogP contribution in [-0.2, 0) is 10.0 Å². The molecule has 134 valence electrons. The average molecular weight is 448 g/mol. The Hall–Kier alpha value is -1.35. The van der Waals surface area contributed by atoms with Crippen molar-refractivity contribution in [3.63, 3.8) is 0 Å². The molecule has 0 aliphatic carbocycles. The molecule has 0 bridgehead atoms. The molecular weight excluding hydrogens is 432 g/mol. The first-order valence-electron chi connectivity index (χ1n) is 7.52. The molecule has 0 radical (unpaired) electrons. The predicted molar refractivity (Wildman–Crippen MR) is 97.7 cm³/mol. The molecule has 1 saturated heterocycles. The summed E-state index contributed by atoms with van der Waals surface area (Å²) >= 11 is 9.27. The molecule has 1 aromatic heterocycles. The minimum atomic E-state index is -3.72. The van der Waals surface area contributed by atoms with E-state index in [2.05, 4.69) is 20.9 Å². The van der Waals surface area contributed by atoms with Crippen molar-refractivity contribution in [2.45, 2.75) is 17.4 Å². The van der Waals surface area contributed by atoms with Crippen LogP contribution in [0, 0.1) is 0 Å². The van der Waals surface area contributed by atoms with Crippen LogP contribution in [0.1, 0.15) is 6.42 Å². The normalized spacial score (nSPS) is 18.3. The SMILES string of the molecule is COc1ccc(Cl)cc1S(=O)(=O)N1CC[C@H](Oc2ccc(Br)cn2)C1. The zero-order valence-electron chi connectivity index (χ0n) is 13.4. The van der Waals surface area contributed by atoms with Gasteiger partial charge in [-0.05, 0) is 46.6 Å². The second-order valence-corrected chi connectivity index (χ2v) is 8.76. The summed E-state index contributed by atoms with van der Waals surface area (Å²) in [6.07, 6.45) is 1.96. The molecule has 9 heteroatoms. The lowest BCUT2D eigenvalue weighted by Gasteiger charge is -2.18. The molecule has 0 unspecified atom stereocenters. The molecule has 0 N–H and O–H groups in total. The van der Waals surface area contributed by atoms with E-state index in [1.165, 1.54) is 17.5 Å². The van der Waals surface area contributed by atoms with Gasteiger partial charge in [0.1, 0.15) is 16.7 Å². The molecule has 3 rings (SSSR count). The molecule has 0 amide bonds. The zero-order valence-corrected chi connectivity index (χ0v) is 16.5. The van der Waals surface area contributed by atoms with Crippen molar-refractivity contribution in [2.75, 3.05) is 20.2 Å². The van der Waals surface area contributed by atoms with Gasteiger partial charge in [-0.2, -0.15) is 4.31 Å². The highest BCUT2D eigenvalue weighted by Gasteiger charge is 2.35. The van der Waals surface area contributed by atoms with Crippen molar-refractivity contribution in [3.8, 4) is 11.6 Å². The number of ether oxygens (including phenoxy) is 2. The zero-order chi connectivity index (χ0) is 18.0. The van der Waals surface area contributed by atoms with Gasteiger partial charge in [0.2, 0.25) is 15.9 Å². The monoisotopic (exact) mass is 446 g/mol. The standard InChI is InChI=1S/C16H16BrClN2O4S/c1-23-14-4-3-12(18)8-15(14)25(21,22)20-7-6-13(10-20)24-16-5-2-11(17)9-19-16/h2-5,8-9,13H,6-7,10H2,1H3/t13-/m0/s1. The smallest absolute Gasteiger partial charge is 0.246 e. The number of sulfonamides is 1. The molecule has 1 fully saturated rings. The van der Waals surface area contributed by atoms with E-state index in [0.717, 1.165) is 4.47 Å². The molecule has 25 heavy (non-hydrogen) atoms. The first-order valence-corrected chi connectivity index (χ1v) is 10.1. The van der Waals surface area contributed by atoms with Gasteiger partial charge in [0.15, 0.2) is 0 Å². The van der Waals surface area contributed by atoms with Gasteiger partial charge in [0.05, 0.1) is 13.7 Å². The van der Waals surface area contributed by atoms with E-state index >= 15 is 0 Å². The summed E-state index contributed by atoms with van der Waals surface area (Å²) in [7, 11) is -2.29. The molecule has 2 aromatic rings. The van der Waals surface area contributed by atoms with Crippen LogP contribution >= 0.6 is 27.5 Å². The van der Waals surface area contributed by atoms with Gasteiger partial charge in [-0.25, -0.2) is 13.4 Å². The fourth-order valence-electron chi connectivity index (χ4n) is 2.61. The number of rotatable bonds is 5. The predicted octanol–water partition coefficient (Wildman–Crippen LogP) is 3.35. The topological polar surface area (TPSA) is 68.7 Å². The van der Waals surface area contributed by atoms with E-state index in [1.54, 1.807) is 24.4 Å². The Kier molecular flexibility index (Phi) is 5.52.